The summed E-state index contributed by atoms with van der Waals surface area (Å²) in [4.78, 5) is 28.4. The minimum absolute atomic E-state index is 0.0657. The monoisotopic (exact) mass is 276 g/mol. The highest BCUT2D eigenvalue weighted by molar-refractivity contribution is 5.92. The van der Waals surface area contributed by atoms with Crippen LogP contribution in [0, 0.1) is 0 Å². The lowest BCUT2D eigenvalue weighted by Gasteiger charge is -2.34. The van der Waals surface area contributed by atoms with Gasteiger partial charge in [0, 0.05) is 30.6 Å². The molecular formula is C15H20N2O3. The van der Waals surface area contributed by atoms with Gasteiger partial charge in [0.25, 0.3) is 0 Å². The number of carbonyl (C=O) groups is 2. The third-order valence-electron chi connectivity index (χ3n) is 2.73. The van der Waals surface area contributed by atoms with Gasteiger partial charge in [-0.05, 0) is 38.5 Å². The van der Waals surface area contributed by atoms with Crippen LogP contribution in [-0.2, 0) is 9.59 Å². The van der Waals surface area contributed by atoms with Gasteiger partial charge in [0.2, 0.25) is 5.91 Å². The highest BCUT2D eigenvalue weighted by Gasteiger charge is 2.25. The molecule has 0 aliphatic carbocycles. The first-order valence-electron chi connectivity index (χ1n) is 6.42. The first-order valence-corrected chi connectivity index (χ1v) is 6.42. The van der Waals surface area contributed by atoms with Gasteiger partial charge >= 0.3 is 5.97 Å². The van der Waals surface area contributed by atoms with E-state index in [2.05, 4.69) is 4.98 Å². The number of nitrogens with zero attached hydrogens (tertiary/aromatic N) is 2. The summed E-state index contributed by atoms with van der Waals surface area (Å²) >= 11 is 0. The molecule has 1 N–H and O–H groups in total. The largest absolute Gasteiger partial charge is 0.481 e. The van der Waals surface area contributed by atoms with E-state index in [4.69, 9.17) is 5.11 Å². The summed E-state index contributed by atoms with van der Waals surface area (Å²) in [6.45, 7) is 5.83. The van der Waals surface area contributed by atoms with Crippen molar-refractivity contribution in [1.82, 2.24) is 9.88 Å². The lowest BCUT2D eigenvalue weighted by atomic mass is 10.1. The molecule has 0 radical (unpaired) electrons. The Bertz CT molecular complexity index is 490. The average molecular weight is 276 g/mol. The molecule has 1 rings (SSSR count). The number of aliphatic carboxylic acids is 1. The Labute approximate surface area is 118 Å². The minimum atomic E-state index is -0.914. The van der Waals surface area contributed by atoms with Crippen LogP contribution in [0.5, 0.6) is 0 Å². The van der Waals surface area contributed by atoms with Gasteiger partial charge in [0.05, 0.1) is 6.42 Å². The summed E-state index contributed by atoms with van der Waals surface area (Å²) in [6, 6.07) is 3.63. The number of carboxylic acids is 1. The van der Waals surface area contributed by atoms with Crippen molar-refractivity contribution in [2.24, 2.45) is 0 Å². The summed E-state index contributed by atoms with van der Waals surface area (Å²) in [5.74, 6) is -1.12. The quantitative estimate of drug-likeness (QED) is 0.837. The molecule has 0 saturated carbocycles. The van der Waals surface area contributed by atoms with Crippen molar-refractivity contribution < 1.29 is 14.7 Å². The van der Waals surface area contributed by atoms with E-state index < -0.39 is 11.5 Å². The van der Waals surface area contributed by atoms with Crippen molar-refractivity contribution in [3.8, 4) is 0 Å². The van der Waals surface area contributed by atoms with E-state index in [1.54, 1.807) is 29.4 Å². The first-order chi connectivity index (χ1) is 9.30. The summed E-state index contributed by atoms with van der Waals surface area (Å²) in [5, 5.41) is 8.75. The van der Waals surface area contributed by atoms with Crippen molar-refractivity contribution in [1.29, 1.82) is 0 Å². The number of hydrogen-bond acceptors (Lipinski definition) is 3. The van der Waals surface area contributed by atoms with Crippen LogP contribution in [0.2, 0.25) is 0 Å². The Hall–Kier alpha value is -2.17. The molecule has 0 bridgehead atoms. The standard InChI is InChI=1S/C15H20N2O3/c1-15(2,3)17(10-8-14(19)20)13(18)7-6-12-5-4-9-16-11-12/h4-7,9,11H,8,10H2,1-3H3,(H,19,20)/b7-6+. The molecule has 5 heteroatoms. The van der Waals surface area contributed by atoms with Crippen LogP contribution in [0.3, 0.4) is 0 Å². The molecule has 0 atom stereocenters. The lowest BCUT2D eigenvalue weighted by molar-refractivity contribution is -0.139. The van der Waals surface area contributed by atoms with Gasteiger partial charge in [-0.1, -0.05) is 6.07 Å². The van der Waals surface area contributed by atoms with Gasteiger partial charge in [-0.15, -0.1) is 0 Å². The van der Waals surface area contributed by atoms with Crippen LogP contribution in [0.4, 0.5) is 0 Å². The van der Waals surface area contributed by atoms with Crippen LogP contribution in [0.15, 0.2) is 30.6 Å². The van der Waals surface area contributed by atoms with Gasteiger partial charge in [0.15, 0.2) is 0 Å². The van der Waals surface area contributed by atoms with E-state index in [9.17, 15) is 9.59 Å². The fourth-order valence-corrected chi connectivity index (χ4v) is 1.72. The molecule has 0 unspecified atom stereocenters. The lowest BCUT2D eigenvalue weighted by Crippen LogP contribution is -2.45. The van der Waals surface area contributed by atoms with Gasteiger partial charge in [-0.3, -0.25) is 14.6 Å². The predicted octanol–water partition coefficient (Wildman–Crippen LogP) is 2.20. The molecule has 1 heterocycles. The molecule has 1 aromatic rings. The molecule has 0 aliphatic heterocycles. The van der Waals surface area contributed by atoms with Crippen LogP contribution in [0.1, 0.15) is 32.8 Å². The number of amides is 1. The fraction of sp³-hybridized carbons (Fsp3) is 0.400. The van der Waals surface area contributed by atoms with E-state index >= 15 is 0 Å². The Balaban J connectivity index is 2.78. The van der Waals surface area contributed by atoms with Gasteiger partial charge in [-0.2, -0.15) is 0 Å². The Morgan fingerprint density at radius 3 is 2.60 bits per heavy atom. The summed E-state index contributed by atoms with van der Waals surface area (Å²) in [5.41, 5.74) is 0.402. The number of aromatic nitrogens is 1. The molecule has 20 heavy (non-hydrogen) atoms. The zero-order valence-corrected chi connectivity index (χ0v) is 12.0. The maximum absolute atomic E-state index is 12.2. The zero-order chi connectivity index (χ0) is 15.2. The number of hydrogen-bond donors (Lipinski definition) is 1. The SMILES string of the molecule is CC(C)(C)N(CCC(=O)O)C(=O)/C=C/c1cccnc1. The van der Waals surface area contributed by atoms with E-state index in [-0.39, 0.29) is 18.9 Å². The summed E-state index contributed by atoms with van der Waals surface area (Å²) in [6.07, 6.45) is 6.37. The molecule has 0 saturated heterocycles. The number of pyridine rings is 1. The molecule has 1 aromatic heterocycles. The maximum Gasteiger partial charge on any atom is 0.305 e. The summed E-state index contributed by atoms with van der Waals surface area (Å²) < 4.78 is 0. The fourth-order valence-electron chi connectivity index (χ4n) is 1.72. The average Bonchev–Trinajstić information content (AvgIpc) is 2.35. The Morgan fingerprint density at radius 1 is 1.40 bits per heavy atom. The second-order valence-electron chi connectivity index (χ2n) is 5.42. The molecular weight excluding hydrogens is 256 g/mol. The van der Waals surface area contributed by atoms with E-state index in [1.165, 1.54) is 6.08 Å². The van der Waals surface area contributed by atoms with Crippen molar-refractivity contribution >= 4 is 18.0 Å². The second kappa shape index (κ2) is 6.84. The van der Waals surface area contributed by atoms with Gasteiger partial charge < -0.3 is 10.0 Å². The third kappa shape index (κ3) is 5.22. The number of rotatable bonds is 5. The normalized spacial score (nSPS) is 11.6. The van der Waals surface area contributed by atoms with E-state index in [0.29, 0.717) is 0 Å². The maximum atomic E-state index is 12.2. The van der Waals surface area contributed by atoms with Gasteiger partial charge in [-0.25, -0.2) is 0 Å². The van der Waals surface area contributed by atoms with E-state index in [1.807, 2.05) is 26.8 Å². The van der Waals surface area contributed by atoms with Crippen LogP contribution in [0.25, 0.3) is 6.08 Å². The molecule has 0 spiro atoms. The van der Waals surface area contributed by atoms with Crippen LogP contribution >= 0.6 is 0 Å². The van der Waals surface area contributed by atoms with Crippen LogP contribution in [-0.4, -0.2) is 39.0 Å². The number of carbonyl (C=O) groups excluding carboxylic acids is 1. The second-order valence-corrected chi connectivity index (χ2v) is 5.42. The molecule has 0 aliphatic rings. The highest BCUT2D eigenvalue weighted by Crippen LogP contribution is 2.15. The van der Waals surface area contributed by atoms with Crippen molar-refractivity contribution in [3.05, 3.63) is 36.2 Å². The van der Waals surface area contributed by atoms with Crippen molar-refractivity contribution in [2.75, 3.05) is 6.54 Å². The zero-order valence-electron chi connectivity index (χ0n) is 12.0. The summed E-state index contributed by atoms with van der Waals surface area (Å²) in [7, 11) is 0. The van der Waals surface area contributed by atoms with Crippen LogP contribution < -0.4 is 0 Å². The Morgan fingerprint density at radius 2 is 2.10 bits per heavy atom. The molecule has 0 fully saturated rings. The third-order valence-corrected chi connectivity index (χ3v) is 2.73. The smallest absolute Gasteiger partial charge is 0.305 e. The minimum Gasteiger partial charge on any atom is -0.481 e. The first kappa shape index (κ1) is 15.9. The predicted molar refractivity (Wildman–Crippen MR) is 77.0 cm³/mol. The van der Waals surface area contributed by atoms with E-state index in [0.717, 1.165) is 5.56 Å². The van der Waals surface area contributed by atoms with Gasteiger partial charge in [0.1, 0.15) is 0 Å². The number of carboxylic acid groups (broad SMARTS) is 1. The molecule has 5 nitrogen and oxygen atoms in total. The van der Waals surface area contributed by atoms with Crippen molar-refractivity contribution in [2.45, 2.75) is 32.7 Å². The van der Waals surface area contributed by atoms with Crippen molar-refractivity contribution in [3.63, 3.8) is 0 Å². The molecule has 1 amide bonds. The molecule has 0 aromatic carbocycles. The highest BCUT2D eigenvalue weighted by atomic mass is 16.4. The topological polar surface area (TPSA) is 70.5 Å². The Kier molecular flexibility index (Phi) is 5.43. The molecule has 108 valence electrons.